The van der Waals surface area contributed by atoms with Gasteiger partial charge in [0, 0.05) is 38.1 Å². The monoisotopic (exact) mass is 253 g/mol. The minimum atomic E-state index is 0.294. The first-order valence-electron chi connectivity index (χ1n) is 7.35. The lowest BCUT2D eigenvalue weighted by Gasteiger charge is -2.39. The minimum absolute atomic E-state index is 0.294. The zero-order valence-corrected chi connectivity index (χ0v) is 11.8. The second-order valence-corrected chi connectivity index (χ2v) is 6.01. The summed E-state index contributed by atoms with van der Waals surface area (Å²) in [6.45, 7) is 8.02. The molecule has 0 aromatic heterocycles. The van der Waals surface area contributed by atoms with Gasteiger partial charge in [0.15, 0.2) is 0 Å². The van der Waals surface area contributed by atoms with Crippen molar-refractivity contribution in [2.24, 2.45) is 11.7 Å². The molecule has 3 unspecified atom stereocenters. The molecule has 0 bridgehead atoms. The minimum Gasteiger partial charge on any atom is -0.341 e. The Morgan fingerprint density at radius 1 is 1.22 bits per heavy atom. The number of nitrogens with two attached hydrogens (primary N) is 1. The molecule has 3 atom stereocenters. The summed E-state index contributed by atoms with van der Waals surface area (Å²) in [6, 6.07) is 1.33. The second-order valence-electron chi connectivity index (χ2n) is 6.01. The molecule has 0 aromatic rings. The predicted octanol–water partition coefficient (Wildman–Crippen LogP) is 1.06. The summed E-state index contributed by atoms with van der Waals surface area (Å²) in [5.41, 5.74) is 5.65. The maximum Gasteiger partial charge on any atom is 0.223 e. The van der Waals surface area contributed by atoms with Gasteiger partial charge in [-0.2, -0.15) is 0 Å². The Morgan fingerprint density at radius 2 is 1.89 bits per heavy atom. The highest BCUT2D eigenvalue weighted by Crippen LogP contribution is 2.23. The Morgan fingerprint density at radius 3 is 2.44 bits per heavy atom. The summed E-state index contributed by atoms with van der Waals surface area (Å²) in [5.74, 6) is 0.677. The molecular weight excluding hydrogens is 226 g/mol. The maximum atomic E-state index is 11.8. The fraction of sp³-hybridized carbons (Fsp3) is 0.929. The zero-order valence-electron chi connectivity index (χ0n) is 11.8. The van der Waals surface area contributed by atoms with Gasteiger partial charge >= 0.3 is 0 Å². The van der Waals surface area contributed by atoms with Gasteiger partial charge in [-0.1, -0.05) is 6.42 Å². The van der Waals surface area contributed by atoms with Crippen molar-refractivity contribution in [3.05, 3.63) is 0 Å². The van der Waals surface area contributed by atoms with Gasteiger partial charge in [-0.25, -0.2) is 0 Å². The molecule has 18 heavy (non-hydrogen) atoms. The van der Waals surface area contributed by atoms with Crippen LogP contribution in [0.15, 0.2) is 0 Å². The molecule has 0 aliphatic carbocycles. The number of hydrogen-bond donors (Lipinski definition) is 1. The van der Waals surface area contributed by atoms with Crippen LogP contribution < -0.4 is 5.73 Å². The first-order chi connectivity index (χ1) is 8.61. The van der Waals surface area contributed by atoms with E-state index >= 15 is 0 Å². The fourth-order valence-corrected chi connectivity index (χ4v) is 3.38. The Kier molecular flexibility index (Phi) is 4.62. The van der Waals surface area contributed by atoms with Crippen molar-refractivity contribution >= 4 is 5.91 Å². The number of nitrogens with zero attached hydrogens (tertiary/aromatic N) is 2. The Balaban J connectivity index is 1.82. The largest absolute Gasteiger partial charge is 0.341 e. The highest BCUT2D eigenvalue weighted by atomic mass is 16.2. The van der Waals surface area contributed by atoms with Crippen molar-refractivity contribution < 1.29 is 4.79 Å². The first kappa shape index (κ1) is 13.8. The average molecular weight is 253 g/mol. The van der Waals surface area contributed by atoms with Crippen molar-refractivity contribution in [1.29, 1.82) is 0 Å². The Bertz CT molecular complexity index is 285. The van der Waals surface area contributed by atoms with E-state index in [0.29, 0.717) is 36.9 Å². The van der Waals surface area contributed by atoms with Gasteiger partial charge in [-0.3, -0.25) is 9.69 Å². The van der Waals surface area contributed by atoms with Crippen LogP contribution in [0.3, 0.4) is 0 Å². The van der Waals surface area contributed by atoms with Gasteiger partial charge in [-0.05, 0) is 39.2 Å². The number of piperidine rings is 1. The van der Waals surface area contributed by atoms with Crippen LogP contribution in [-0.2, 0) is 4.79 Å². The molecule has 104 valence electrons. The summed E-state index contributed by atoms with van der Waals surface area (Å²) >= 11 is 0. The quantitative estimate of drug-likeness (QED) is 0.815. The lowest BCUT2D eigenvalue weighted by Crippen LogP contribution is -2.47. The molecule has 0 spiro atoms. The van der Waals surface area contributed by atoms with Crippen molar-refractivity contribution in [3.63, 3.8) is 0 Å². The molecule has 2 heterocycles. The van der Waals surface area contributed by atoms with Crippen LogP contribution >= 0.6 is 0 Å². The summed E-state index contributed by atoms with van der Waals surface area (Å²) in [6.07, 6.45) is 4.59. The maximum absolute atomic E-state index is 11.8. The number of carbonyl (C=O) groups is 1. The molecule has 2 fully saturated rings. The van der Waals surface area contributed by atoms with Crippen LogP contribution in [0.5, 0.6) is 0 Å². The SMILES string of the molecule is CC1CCCC(C)N1CCN1CC(CN)CC1=O. The fourth-order valence-electron chi connectivity index (χ4n) is 3.38. The molecule has 2 rings (SSSR count). The lowest BCUT2D eigenvalue weighted by atomic mass is 9.97. The summed E-state index contributed by atoms with van der Waals surface area (Å²) in [4.78, 5) is 16.4. The van der Waals surface area contributed by atoms with E-state index in [-0.39, 0.29) is 0 Å². The average Bonchev–Trinajstić information content (AvgIpc) is 2.70. The number of amides is 1. The van der Waals surface area contributed by atoms with E-state index in [2.05, 4.69) is 18.7 Å². The summed E-state index contributed by atoms with van der Waals surface area (Å²) in [5, 5.41) is 0. The number of likely N-dealkylation sites (tertiary alicyclic amines) is 2. The molecular formula is C14H27N3O. The molecule has 1 amide bonds. The normalized spacial score (nSPS) is 34.3. The van der Waals surface area contributed by atoms with Gasteiger partial charge in [0.25, 0.3) is 0 Å². The molecule has 0 saturated carbocycles. The standard InChI is InChI=1S/C14H27N3O/c1-11-4-3-5-12(2)17(11)7-6-16-10-13(9-15)8-14(16)18/h11-13H,3-10,15H2,1-2H3. The van der Waals surface area contributed by atoms with Crippen molar-refractivity contribution in [1.82, 2.24) is 9.80 Å². The molecule has 2 N–H and O–H groups in total. The zero-order chi connectivity index (χ0) is 13.1. The van der Waals surface area contributed by atoms with Gasteiger partial charge in [0.2, 0.25) is 5.91 Å². The van der Waals surface area contributed by atoms with Crippen molar-refractivity contribution in [2.75, 3.05) is 26.2 Å². The molecule has 0 aromatic carbocycles. The first-order valence-corrected chi connectivity index (χ1v) is 7.35. The lowest BCUT2D eigenvalue weighted by molar-refractivity contribution is -0.128. The predicted molar refractivity (Wildman–Crippen MR) is 73.2 cm³/mol. The van der Waals surface area contributed by atoms with Gasteiger partial charge < -0.3 is 10.6 Å². The molecule has 2 aliphatic heterocycles. The summed E-state index contributed by atoms with van der Waals surface area (Å²) in [7, 11) is 0. The molecule has 4 heteroatoms. The van der Waals surface area contributed by atoms with E-state index in [4.69, 9.17) is 5.73 Å². The third-order valence-corrected chi connectivity index (χ3v) is 4.63. The number of hydrogen-bond acceptors (Lipinski definition) is 3. The summed E-state index contributed by atoms with van der Waals surface area (Å²) < 4.78 is 0. The van der Waals surface area contributed by atoms with Crippen LogP contribution in [-0.4, -0.2) is 54.0 Å². The third kappa shape index (κ3) is 3.04. The van der Waals surface area contributed by atoms with Gasteiger partial charge in [0.05, 0.1) is 0 Å². The van der Waals surface area contributed by atoms with Crippen LogP contribution in [0.25, 0.3) is 0 Å². The number of carbonyl (C=O) groups excluding carboxylic acids is 1. The van der Waals surface area contributed by atoms with E-state index < -0.39 is 0 Å². The van der Waals surface area contributed by atoms with E-state index in [0.717, 1.165) is 19.6 Å². The third-order valence-electron chi connectivity index (χ3n) is 4.63. The van der Waals surface area contributed by atoms with Crippen molar-refractivity contribution in [2.45, 2.75) is 51.6 Å². The molecule has 2 aliphatic rings. The van der Waals surface area contributed by atoms with Crippen LogP contribution in [0.2, 0.25) is 0 Å². The van der Waals surface area contributed by atoms with Crippen molar-refractivity contribution in [3.8, 4) is 0 Å². The topological polar surface area (TPSA) is 49.6 Å². The number of rotatable bonds is 4. The van der Waals surface area contributed by atoms with E-state index in [9.17, 15) is 4.79 Å². The Labute approximate surface area is 110 Å². The molecule has 2 saturated heterocycles. The molecule has 4 nitrogen and oxygen atoms in total. The van der Waals surface area contributed by atoms with Crippen LogP contribution in [0.4, 0.5) is 0 Å². The highest BCUT2D eigenvalue weighted by Gasteiger charge is 2.30. The smallest absolute Gasteiger partial charge is 0.223 e. The van der Waals surface area contributed by atoms with E-state index in [1.807, 2.05) is 4.90 Å². The van der Waals surface area contributed by atoms with Gasteiger partial charge in [0.1, 0.15) is 0 Å². The van der Waals surface area contributed by atoms with E-state index in [1.54, 1.807) is 0 Å². The Hall–Kier alpha value is -0.610. The van der Waals surface area contributed by atoms with Crippen LogP contribution in [0.1, 0.15) is 39.5 Å². The van der Waals surface area contributed by atoms with Crippen LogP contribution in [0, 0.1) is 5.92 Å². The second kappa shape index (κ2) is 6.02. The molecule has 0 radical (unpaired) electrons. The highest BCUT2D eigenvalue weighted by molar-refractivity contribution is 5.78. The van der Waals surface area contributed by atoms with E-state index in [1.165, 1.54) is 19.3 Å². The van der Waals surface area contributed by atoms with Gasteiger partial charge in [-0.15, -0.1) is 0 Å².